The average Bonchev–Trinajstić information content (AvgIpc) is 3.29. The minimum atomic E-state index is -0.211. The predicted octanol–water partition coefficient (Wildman–Crippen LogP) is 2.86. The standard InChI is InChI=1S/C17H16N4O4/c1-10(17-19-16(20-25-17)13-4-3-7-23-13)18-11-5-6-12-14(8-11)24-9-15(22)21(12)2/h3-8,10,18H,9H2,1-2H3. The van der Waals surface area contributed by atoms with E-state index in [0.717, 1.165) is 11.4 Å². The first-order chi connectivity index (χ1) is 12.1. The van der Waals surface area contributed by atoms with Crippen LogP contribution in [0.15, 0.2) is 45.5 Å². The zero-order valence-electron chi connectivity index (χ0n) is 13.7. The van der Waals surface area contributed by atoms with Gasteiger partial charge in [0, 0.05) is 18.8 Å². The maximum absolute atomic E-state index is 11.7. The molecular formula is C17H16N4O4. The Bertz CT molecular complexity index is 903. The molecule has 1 aromatic carbocycles. The summed E-state index contributed by atoms with van der Waals surface area (Å²) in [6.07, 6.45) is 1.56. The summed E-state index contributed by atoms with van der Waals surface area (Å²) >= 11 is 0. The second kappa shape index (κ2) is 5.97. The van der Waals surface area contributed by atoms with Gasteiger partial charge in [-0.3, -0.25) is 4.79 Å². The fourth-order valence-electron chi connectivity index (χ4n) is 2.60. The van der Waals surface area contributed by atoms with E-state index in [1.807, 2.05) is 25.1 Å². The van der Waals surface area contributed by atoms with Crippen molar-refractivity contribution in [3.8, 4) is 17.3 Å². The third-order valence-corrected chi connectivity index (χ3v) is 3.98. The largest absolute Gasteiger partial charge is 0.481 e. The van der Waals surface area contributed by atoms with Crippen LogP contribution in [0.25, 0.3) is 11.6 Å². The third-order valence-electron chi connectivity index (χ3n) is 3.98. The van der Waals surface area contributed by atoms with Gasteiger partial charge < -0.3 is 23.9 Å². The molecule has 1 atom stereocenters. The van der Waals surface area contributed by atoms with Crippen LogP contribution in [0.2, 0.25) is 0 Å². The number of aromatic nitrogens is 2. The Kier molecular flexibility index (Phi) is 3.64. The highest BCUT2D eigenvalue weighted by molar-refractivity contribution is 5.97. The monoisotopic (exact) mass is 340 g/mol. The Morgan fingerprint density at radius 2 is 2.20 bits per heavy atom. The Balaban J connectivity index is 1.51. The van der Waals surface area contributed by atoms with Gasteiger partial charge in [0.2, 0.25) is 11.7 Å². The molecule has 1 aliphatic heterocycles. The highest BCUT2D eigenvalue weighted by Crippen LogP contribution is 2.34. The first-order valence-electron chi connectivity index (χ1n) is 7.79. The summed E-state index contributed by atoms with van der Waals surface area (Å²) in [4.78, 5) is 17.6. The van der Waals surface area contributed by atoms with Gasteiger partial charge in [-0.15, -0.1) is 0 Å². The lowest BCUT2D eigenvalue weighted by Crippen LogP contribution is -2.35. The molecule has 0 fully saturated rings. The smallest absolute Gasteiger partial charge is 0.264 e. The molecule has 0 saturated carbocycles. The van der Waals surface area contributed by atoms with E-state index >= 15 is 0 Å². The summed E-state index contributed by atoms with van der Waals surface area (Å²) in [6.45, 7) is 1.95. The first-order valence-corrected chi connectivity index (χ1v) is 7.79. The van der Waals surface area contributed by atoms with Crippen LogP contribution in [-0.2, 0) is 4.79 Å². The van der Waals surface area contributed by atoms with Crippen molar-refractivity contribution in [1.82, 2.24) is 10.1 Å². The molecule has 0 bridgehead atoms. The van der Waals surface area contributed by atoms with Gasteiger partial charge in [0.1, 0.15) is 11.8 Å². The molecule has 0 aliphatic carbocycles. The number of rotatable bonds is 4. The van der Waals surface area contributed by atoms with Crippen molar-refractivity contribution >= 4 is 17.3 Å². The van der Waals surface area contributed by atoms with Crippen LogP contribution in [0, 0.1) is 0 Å². The van der Waals surface area contributed by atoms with Crippen LogP contribution < -0.4 is 15.0 Å². The Morgan fingerprint density at radius 3 is 3.00 bits per heavy atom. The number of carbonyl (C=O) groups excluding carboxylic acids is 1. The molecule has 3 heterocycles. The Hall–Kier alpha value is -3.29. The second-order valence-electron chi connectivity index (χ2n) is 5.72. The van der Waals surface area contributed by atoms with E-state index in [9.17, 15) is 4.79 Å². The highest BCUT2D eigenvalue weighted by atomic mass is 16.5. The van der Waals surface area contributed by atoms with Gasteiger partial charge in [-0.1, -0.05) is 5.16 Å². The number of fused-ring (bicyclic) bond motifs is 1. The molecule has 8 heteroatoms. The van der Waals surface area contributed by atoms with Crippen molar-refractivity contribution < 1.29 is 18.5 Å². The van der Waals surface area contributed by atoms with Gasteiger partial charge in [-0.05, 0) is 31.2 Å². The van der Waals surface area contributed by atoms with Crippen LogP contribution in [0.3, 0.4) is 0 Å². The van der Waals surface area contributed by atoms with E-state index in [-0.39, 0.29) is 18.6 Å². The summed E-state index contributed by atoms with van der Waals surface area (Å²) in [5.74, 6) is 1.98. The van der Waals surface area contributed by atoms with Crippen molar-refractivity contribution in [3.63, 3.8) is 0 Å². The number of nitrogens with zero attached hydrogens (tertiary/aromatic N) is 3. The third kappa shape index (κ3) is 2.82. The lowest BCUT2D eigenvalue weighted by atomic mass is 10.2. The van der Waals surface area contributed by atoms with Gasteiger partial charge >= 0.3 is 0 Å². The van der Waals surface area contributed by atoms with Gasteiger partial charge in [-0.25, -0.2) is 0 Å². The normalized spacial score (nSPS) is 14.8. The number of hydrogen-bond acceptors (Lipinski definition) is 7. The maximum Gasteiger partial charge on any atom is 0.264 e. The van der Waals surface area contributed by atoms with Crippen molar-refractivity contribution in [2.24, 2.45) is 0 Å². The fourth-order valence-corrected chi connectivity index (χ4v) is 2.60. The van der Waals surface area contributed by atoms with Gasteiger partial charge in [-0.2, -0.15) is 4.98 Å². The SMILES string of the molecule is CC(Nc1ccc2c(c1)OCC(=O)N2C)c1nc(-c2ccco2)no1. The number of likely N-dealkylation sites (N-methyl/N-ethyl adjacent to an activating group) is 1. The number of amides is 1. The molecule has 0 saturated heterocycles. The number of anilines is 2. The first kappa shape index (κ1) is 15.3. The van der Waals surface area contributed by atoms with E-state index in [1.54, 1.807) is 30.3 Å². The second-order valence-corrected chi connectivity index (χ2v) is 5.72. The number of furan rings is 1. The topological polar surface area (TPSA) is 93.6 Å². The Morgan fingerprint density at radius 1 is 1.32 bits per heavy atom. The average molecular weight is 340 g/mol. The van der Waals surface area contributed by atoms with Crippen LogP contribution >= 0.6 is 0 Å². The summed E-state index contributed by atoms with van der Waals surface area (Å²) in [5, 5.41) is 7.20. The molecule has 0 spiro atoms. The summed E-state index contributed by atoms with van der Waals surface area (Å²) in [7, 11) is 1.73. The van der Waals surface area contributed by atoms with E-state index < -0.39 is 0 Å². The molecule has 0 radical (unpaired) electrons. The fraction of sp³-hybridized carbons (Fsp3) is 0.235. The molecule has 3 aromatic rings. The van der Waals surface area contributed by atoms with Crippen molar-refractivity contribution in [2.45, 2.75) is 13.0 Å². The minimum Gasteiger partial charge on any atom is -0.481 e. The van der Waals surface area contributed by atoms with Crippen LogP contribution in [0.1, 0.15) is 18.9 Å². The summed E-state index contributed by atoms with van der Waals surface area (Å²) in [6, 6.07) is 8.88. The number of carbonyl (C=O) groups is 1. The van der Waals surface area contributed by atoms with Crippen molar-refractivity contribution in [2.75, 3.05) is 23.9 Å². The van der Waals surface area contributed by atoms with Crippen LogP contribution in [0.4, 0.5) is 11.4 Å². The molecule has 2 aromatic heterocycles. The minimum absolute atomic E-state index is 0.0404. The number of nitrogens with one attached hydrogen (secondary N) is 1. The molecule has 4 rings (SSSR count). The maximum atomic E-state index is 11.7. The van der Waals surface area contributed by atoms with E-state index in [0.29, 0.717) is 23.2 Å². The predicted molar refractivity (Wildman–Crippen MR) is 89.4 cm³/mol. The molecule has 128 valence electrons. The molecule has 1 N–H and O–H groups in total. The van der Waals surface area contributed by atoms with Crippen LogP contribution in [-0.4, -0.2) is 29.7 Å². The molecule has 1 unspecified atom stereocenters. The van der Waals surface area contributed by atoms with Gasteiger partial charge in [0.05, 0.1) is 12.0 Å². The summed E-state index contributed by atoms with van der Waals surface area (Å²) in [5.41, 5.74) is 1.57. The summed E-state index contributed by atoms with van der Waals surface area (Å²) < 4.78 is 16.0. The van der Waals surface area contributed by atoms with E-state index in [4.69, 9.17) is 13.7 Å². The molecule has 1 aliphatic rings. The van der Waals surface area contributed by atoms with E-state index in [1.165, 1.54) is 0 Å². The molecule has 1 amide bonds. The zero-order chi connectivity index (χ0) is 17.4. The van der Waals surface area contributed by atoms with Crippen molar-refractivity contribution in [1.29, 1.82) is 0 Å². The lowest BCUT2D eigenvalue weighted by Gasteiger charge is -2.26. The number of hydrogen-bond donors (Lipinski definition) is 1. The van der Waals surface area contributed by atoms with Gasteiger partial charge in [0.25, 0.3) is 5.91 Å². The van der Waals surface area contributed by atoms with Crippen LogP contribution in [0.5, 0.6) is 5.75 Å². The highest BCUT2D eigenvalue weighted by Gasteiger charge is 2.23. The zero-order valence-corrected chi connectivity index (χ0v) is 13.7. The molecular weight excluding hydrogens is 324 g/mol. The Labute approximate surface area is 143 Å². The molecule has 25 heavy (non-hydrogen) atoms. The quantitative estimate of drug-likeness (QED) is 0.780. The molecule has 8 nitrogen and oxygen atoms in total. The van der Waals surface area contributed by atoms with Gasteiger partial charge in [0.15, 0.2) is 12.4 Å². The van der Waals surface area contributed by atoms with E-state index in [2.05, 4.69) is 15.5 Å². The lowest BCUT2D eigenvalue weighted by molar-refractivity contribution is -0.120. The number of ether oxygens (including phenoxy) is 1. The van der Waals surface area contributed by atoms with Crippen molar-refractivity contribution in [3.05, 3.63) is 42.5 Å². The number of benzene rings is 1.